The molecule has 0 saturated carbocycles. The van der Waals surface area contributed by atoms with Gasteiger partial charge < -0.3 is 20.7 Å². The number of hydrogen-bond acceptors (Lipinski definition) is 12. The van der Waals surface area contributed by atoms with Crippen molar-refractivity contribution in [3.8, 4) is 22.5 Å². The van der Waals surface area contributed by atoms with Gasteiger partial charge in [-0.25, -0.2) is 18.1 Å². The highest BCUT2D eigenvalue weighted by Crippen LogP contribution is 2.41. The molecule has 1 aliphatic rings. The number of nitrogens with two attached hydrogens (primary N) is 1. The number of nitrogen functional groups attached to an aromatic ring is 1. The summed E-state index contributed by atoms with van der Waals surface area (Å²) in [6.07, 6.45) is 0. The number of nitrogens with zero attached hydrogens (tertiary/aromatic N) is 4. The molecule has 34 heavy (non-hydrogen) atoms. The first-order chi connectivity index (χ1) is 16.2. The summed E-state index contributed by atoms with van der Waals surface area (Å²) in [5.74, 6) is -0.117. The zero-order valence-corrected chi connectivity index (χ0v) is 19.6. The first-order valence-corrected chi connectivity index (χ1v) is 13.1. The molecule has 0 bridgehead atoms. The van der Waals surface area contributed by atoms with Gasteiger partial charge in [-0.2, -0.15) is 5.21 Å². The maximum atomic E-state index is 13.1. The number of hydrogen-bond donors (Lipinski definition) is 5. The average molecular weight is 522 g/mol. The van der Waals surface area contributed by atoms with Gasteiger partial charge in [0.2, 0.25) is 15.8 Å². The van der Waals surface area contributed by atoms with E-state index in [0.29, 0.717) is 21.8 Å². The lowest BCUT2D eigenvalue weighted by atomic mass is 9.98. The number of β-amino-alcohol motifs (C(OH)–C–C–N with tert-alkyl or cyclic N) is 1. The molecular formula is C18H17N8O5S3-. The summed E-state index contributed by atoms with van der Waals surface area (Å²) in [4.78, 5) is 3.30. The normalized spacial score (nSPS) is 16.4. The smallest absolute Gasteiger partial charge is 0.241 e. The van der Waals surface area contributed by atoms with Gasteiger partial charge in [0.25, 0.3) is 0 Å². The Bertz CT molecular complexity index is 1520. The van der Waals surface area contributed by atoms with E-state index >= 15 is 0 Å². The largest absolute Gasteiger partial charge is 0.768 e. The number of para-hydroxylation sites is 1. The molecule has 1 atom stereocenters. The molecule has 0 radical (unpaired) electrons. The number of sulfonamides is 1. The van der Waals surface area contributed by atoms with Crippen LogP contribution >= 0.6 is 11.3 Å². The van der Waals surface area contributed by atoms with Gasteiger partial charge in [0.05, 0.1) is 20.0 Å². The molecule has 16 heteroatoms. The van der Waals surface area contributed by atoms with Crippen molar-refractivity contribution < 1.29 is 22.3 Å². The van der Waals surface area contributed by atoms with Gasteiger partial charge in [0.15, 0.2) is 5.13 Å². The van der Waals surface area contributed by atoms with Crippen LogP contribution in [0.2, 0.25) is 0 Å². The van der Waals surface area contributed by atoms with E-state index < -0.39 is 36.5 Å². The van der Waals surface area contributed by atoms with Crippen LogP contribution in [0.25, 0.3) is 32.7 Å². The molecule has 6 N–H and O–H groups in total. The van der Waals surface area contributed by atoms with Gasteiger partial charge in [-0.1, -0.05) is 29.5 Å². The molecule has 0 spiro atoms. The molecule has 1 saturated heterocycles. The Kier molecular flexibility index (Phi) is 5.67. The Labute approximate surface area is 199 Å². The van der Waals surface area contributed by atoms with E-state index in [1.54, 1.807) is 12.1 Å². The second-order valence-corrected chi connectivity index (χ2v) is 11.3. The highest BCUT2D eigenvalue weighted by Gasteiger charge is 2.36. The van der Waals surface area contributed by atoms with Crippen molar-refractivity contribution in [2.75, 3.05) is 25.4 Å². The number of thiazole rings is 1. The average Bonchev–Trinajstić information content (AvgIpc) is 3.44. The van der Waals surface area contributed by atoms with Gasteiger partial charge in [-0.3, -0.25) is 4.21 Å². The lowest BCUT2D eigenvalue weighted by molar-refractivity contribution is -0.00397. The topological polar surface area (TPSA) is 212 Å². The Morgan fingerprint density at radius 2 is 2.06 bits per heavy atom. The summed E-state index contributed by atoms with van der Waals surface area (Å²) in [5, 5.41) is 27.0. The van der Waals surface area contributed by atoms with Crippen molar-refractivity contribution >= 4 is 47.8 Å². The fraction of sp³-hybridized carbons (Fsp3) is 0.222. The van der Waals surface area contributed by atoms with Gasteiger partial charge in [-0.15, -0.1) is 10.2 Å². The summed E-state index contributed by atoms with van der Waals surface area (Å²) in [7, 11) is -4.35. The molecule has 13 nitrogen and oxygen atoms in total. The lowest BCUT2D eigenvalue weighted by Crippen LogP contribution is -2.64. The number of aliphatic hydroxyl groups is 1. The van der Waals surface area contributed by atoms with E-state index in [1.807, 2.05) is 6.07 Å². The number of tetrazole rings is 1. The highest BCUT2D eigenvalue weighted by atomic mass is 32.2. The Morgan fingerprint density at radius 1 is 1.26 bits per heavy atom. The Balaban J connectivity index is 1.73. The number of rotatable bonds is 7. The van der Waals surface area contributed by atoms with Gasteiger partial charge >= 0.3 is 0 Å². The molecule has 1 aliphatic heterocycles. The van der Waals surface area contributed by atoms with E-state index in [9.17, 15) is 22.3 Å². The fourth-order valence-corrected chi connectivity index (χ4v) is 6.79. The summed E-state index contributed by atoms with van der Waals surface area (Å²) >= 11 is -1.76. The van der Waals surface area contributed by atoms with E-state index in [1.165, 1.54) is 23.5 Å². The predicted octanol–water partition coefficient (Wildman–Crippen LogP) is -0.424. The number of nitrogens with one attached hydrogen (secondary N) is 3. The molecule has 178 valence electrons. The minimum Gasteiger partial charge on any atom is -0.768 e. The van der Waals surface area contributed by atoms with Crippen molar-refractivity contribution in [1.82, 2.24) is 35.6 Å². The predicted molar refractivity (Wildman–Crippen MR) is 123 cm³/mol. The van der Waals surface area contributed by atoms with Crippen molar-refractivity contribution in [3.05, 3.63) is 30.3 Å². The molecule has 5 rings (SSSR count). The minimum absolute atomic E-state index is 0.0620. The number of fused-ring (bicyclic) bond motifs is 1. The monoisotopic (exact) mass is 521 g/mol. The van der Waals surface area contributed by atoms with Crippen molar-refractivity contribution in [3.63, 3.8) is 0 Å². The second-order valence-electron chi connectivity index (χ2n) is 7.64. The Hall–Kier alpha value is -2.86. The van der Waals surface area contributed by atoms with Crippen LogP contribution < -0.4 is 15.8 Å². The molecule has 1 unspecified atom stereocenters. The van der Waals surface area contributed by atoms with Crippen LogP contribution in [0.15, 0.2) is 40.1 Å². The number of aromatic nitrogens is 5. The number of aromatic amines is 1. The van der Waals surface area contributed by atoms with Gasteiger partial charge in [0.1, 0.15) is 5.60 Å². The summed E-state index contributed by atoms with van der Waals surface area (Å²) in [5.41, 5.74) is 5.93. The molecular weight excluding hydrogens is 504 g/mol. The van der Waals surface area contributed by atoms with E-state index in [-0.39, 0.29) is 31.0 Å². The van der Waals surface area contributed by atoms with E-state index in [0.717, 1.165) is 4.70 Å². The molecule has 0 aliphatic carbocycles. The second kappa shape index (κ2) is 8.42. The van der Waals surface area contributed by atoms with E-state index in [2.05, 4.69) is 35.6 Å². The Morgan fingerprint density at radius 3 is 2.71 bits per heavy atom. The van der Waals surface area contributed by atoms with Crippen LogP contribution in [0.5, 0.6) is 0 Å². The summed E-state index contributed by atoms with van der Waals surface area (Å²) < 4.78 is 54.2. The number of H-pyrrole nitrogens is 1. The van der Waals surface area contributed by atoms with Crippen LogP contribution in [0, 0.1) is 0 Å². The third-order valence-electron chi connectivity index (χ3n) is 5.37. The quantitative estimate of drug-likeness (QED) is 0.197. The fourth-order valence-electron chi connectivity index (χ4n) is 3.68. The van der Waals surface area contributed by atoms with Crippen molar-refractivity contribution in [2.24, 2.45) is 0 Å². The maximum Gasteiger partial charge on any atom is 0.241 e. The number of benzene rings is 2. The van der Waals surface area contributed by atoms with Gasteiger partial charge in [-0.05, 0) is 34.0 Å². The van der Waals surface area contributed by atoms with Crippen LogP contribution in [0.1, 0.15) is 0 Å². The molecule has 3 heterocycles. The molecule has 0 amide bonds. The third-order valence-corrected chi connectivity index (χ3v) is 8.55. The summed E-state index contributed by atoms with van der Waals surface area (Å²) in [6, 6.07) is 7.92. The molecule has 4 aromatic rings. The van der Waals surface area contributed by atoms with Crippen LogP contribution in [-0.2, 0) is 21.1 Å². The first-order valence-electron chi connectivity index (χ1n) is 9.77. The van der Waals surface area contributed by atoms with Gasteiger partial charge in [0, 0.05) is 30.8 Å². The van der Waals surface area contributed by atoms with Crippen LogP contribution in [0.3, 0.4) is 0 Å². The van der Waals surface area contributed by atoms with Crippen LogP contribution in [0.4, 0.5) is 5.13 Å². The maximum absolute atomic E-state index is 13.1. The third kappa shape index (κ3) is 3.98. The zero-order chi connectivity index (χ0) is 24.1. The molecule has 1 fully saturated rings. The standard InChI is InChI=1S/C18H18N8O5S3/c19-17-22-14-10(2-1-3-11(14)32-17)9-4-5-12(34(30,31)21-8-18(27)6-20-7-18)15(33(28)29)13(9)16-23-25-26-24-16/h1-5,20-21,27H,6-8H2,(H2,19,22)(H,28,29)(H,23,24,25,26)/p-1. The lowest BCUT2D eigenvalue weighted by Gasteiger charge is -2.37. The zero-order valence-electron chi connectivity index (χ0n) is 17.2. The van der Waals surface area contributed by atoms with Crippen molar-refractivity contribution in [2.45, 2.75) is 15.4 Å². The highest BCUT2D eigenvalue weighted by molar-refractivity contribution is 7.90. The van der Waals surface area contributed by atoms with Crippen LogP contribution in [-0.4, -0.2) is 73.1 Å². The summed E-state index contributed by atoms with van der Waals surface area (Å²) in [6.45, 7) is 0.136. The SMILES string of the molecule is Nc1nc2c(-c3ccc(S(=O)(=O)NCC4(O)CNC4)c(S(=O)[O-])c3-c3nn[nH]n3)cccc2s1. The van der Waals surface area contributed by atoms with Crippen molar-refractivity contribution in [1.29, 1.82) is 0 Å². The number of anilines is 1. The molecule has 2 aromatic carbocycles. The van der Waals surface area contributed by atoms with E-state index in [4.69, 9.17) is 5.73 Å². The minimum atomic E-state index is -4.35. The first kappa shape index (κ1) is 22.9. The molecule has 2 aromatic heterocycles.